The molecule has 0 heterocycles. The predicted molar refractivity (Wildman–Crippen MR) is 117 cm³/mol. The molecule has 25 heavy (non-hydrogen) atoms. The minimum atomic E-state index is 0.835. The first-order valence-electron chi connectivity index (χ1n) is 11.3. The van der Waals surface area contributed by atoms with Crippen molar-refractivity contribution in [3.05, 3.63) is 0 Å². The first-order chi connectivity index (χ1) is 12.3. The van der Waals surface area contributed by atoms with Crippen molar-refractivity contribution < 1.29 is 0 Å². The van der Waals surface area contributed by atoms with E-state index in [4.69, 9.17) is 4.99 Å². The largest absolute Gasteiger partial charge is 0.304 e. The molecule has 0 aromatic heterocycles. The highest BCUT2D eigenvalue weighted by molar-refractivity contribution is 7.98. The van der Waals surface area contributed by atoms with Gasteiger partial charge in [-0.05, 0) is 44.1 Å². The second kappa shape index (κ2) is 16.0. The van der Waals surface area contributed by atoms with Crippen LogP contribution >= 0.6 is 11.9 Å². The van der Waals surface area contributed by atoms with Gasteiger partial charge in [0.2, 0.25) is 0 Å². The van der Waals surface area contributed by atoms with E-state index in [0.29, 0.717) is 0 Å². The van der Waals surface area contributed by atoms with Gasteiger partial charge in [0.1, 0.15) is 5.84 Å². The van der Waals surface area contributed by atoms with Crippen LogP contribution in [0.1, 0.15) is 117 Å². The fraction of sp³-hybridized carbons (Fsp3) is 0.955. The Labute approximate surface area is 162 Å². The van der Waals surface area contributed by atoms with Crippen LogP contribution in [-0.2, 0) is 0 Å². The Kier molecular flexibility index (Phi) is 14.7. The van der Waals surface area contributed by atoms with Crippen LogP contribution < -0.4 is 0 Å². The molecule has 148 valence electrons. The van der Waals surface area contributed by atoms with E-state index in [-0.39, 0.29) is 0 Å². The van der Waals surface area contributed by atoms with Crippen molar-refractivity contribution in [2.75, 3.05) is 13.1 Å². The van der Waals surface area contributed by atoms with Crippen LogP contribution in [0.5, 0.6) is 0 Å². The molecule has 0 aromatic rings. The van der Waals surface area contributed by atoms with Gasteiger partial charge in [0.25, 0.3) is 0 Å². The lowest BCUT2D eigenvalue weighted by Gasteiger charge is -2.31. The first-order valence-corrected chi connectivity index (χ1v) is 12.1. The zero-order valence-corrected chi connectivity index (χ0v) is 18.2. The molecule has 0 radical (unpaired) electrons. The molecule has 0 spiro atoms. The van der Waals surface area contributed by atoms with Crippen LogP contribution in [0.4, 0.5) is 0 Å². The minimum absolute atomic E-state index is 0.835. The normalized spacial score (nSPS) is 16.4. The van der Waals surface area contributed by atoms with Gasteiger partial charge in [-0.15, -0.1) is 0 Å². The monoisotopic (exact) mass is 368 g/mol. The number of rotatable bonds is 14. The van der Waals surface area contributed by atoms with Gasteiger partial charge >= 0.3 is 0 Å². The van der Waals surface area contributed by atoms with Crippen molar-refractivity contribution in [2.45, 2.75) is 122 Å². The van der Waals surface area contributed by atoms with Crippen LogP contribution in [0, 0.1) is 0 Å². The minimum Gasteiger partial charge on any atom is -0.304 e. The quantitative estimate of drug-likeness (QED) is 0.135. The fourth-order valence-electron chi connectivity index (χ4n) is 3.53. The van der Waals surface area contributed by atoms with Gasteiger partial charge in [-0.2, -0.15) is 0 Å². The van der Waals surface area contributed by atoms with E-state index < -0.39 is 0 Å². The summed E-state index contributed by atoms with van der Waals surface area (Å²) in [5.74, 6) is 1.39. The molecule has 0 aliphatic heterocycles. The van der Waals surface area contributed by atoms with Gasteiger partial charge in [-0.3, -0.25) is 4.99 Å². The number of amidine groups is 1. The van der Waals surface area contributed by atoms with Gasteiger partial charge in [0.05, 0.1) is 0 Å². The lowest BCUT2D eigenvalue weighted by molar-refractivity contribution is 0.502. The summed E-state index contributed by atoms with van der Waals surface area (Å²) in [6, 6.07) is 0. The summed E-state index contributed by atoms with van der Waals surface area (Å²) >= 11 is 2.14. The van der Waals surface area contributed by atoms with Crippen molar-refractivity contribution in [1.82, 2.24) is 4.31 Å². The van der Waals surface area contributed by atoms with Crippen molar-refractivity contribution >= 4 is 17.8 Å². The van der Waals surface area contributed by atoms with E-state index in [0.717, 1.165) is 18.2 Å². The van der Waals surface area contributed by atoms with Crippen LogP contribution in [0.2, 0.25) is 0 Å². The maximum absolute atomic E-state index is 5.07. The highest BCUT2D eigenvalue weighted by Crippen LogP contribution is 2.31. The Morgan fingerprint density at radius 1 is 0.840 bits per heavy atom. The van der Waals surface area contributed by atoms with Gasteiger partial charge in [-0.1, -0.05) is 78.6 Å². The molecule has 1 fully saturated rings. The number of unbranched alkanes of at least 4 members (excludes halogenated alkanes) is 6. The lowest BCUT2D eigenvalue weighted by Crippen LogP contribution is -2.29. The Balaban J connectivity index is 2.59. The summed E-state index contributed by atoms with van der Waals surface area (Å²) in [6.45, 7) is 9.12. The van der Waals surface area contributed by atoms with Crippen LogP contribution in [0.25, 0.3) is 0 Å². The molecular weight excluding hydrogens is 324 g/mol. The van der Waals surface area contributed by atoms with Crippen molar-refractivity contribution in [2.24, 2.45) is 4.99 Å². The fourth-order valence-corrected chi connectivity index (χ4v) is 4.94. The summed E-state index contributed by atoms with van der Waals surface area (Å²) in [5.41, 5.74) is 0. The van der Waals surface area contributed by atoms with Crippen LogP contribution in [-0.4, -0.2) is 28.5 Å². The molecule has 0 atom stereocenters. The molecule has 0 unspecified atom stereocenters. The third kappa shape index (κ3) is 11.2. The molecule has 0 N–H and O–H groups in total. The van der Waals surface area contributed by atoms with Gasteiger partial charge < -0.3 is 4.31 Å². The molecule has 2 nitrogen and oxygen atoms in total. The van der Waals surface area contributed by atoms with Crippen LogP contribution in [0.3, 0.4) is 0 Å². The summed E-state index contributed by atoms with van der Waals surface area (Å²) in [4.78, 5) is 5.07. The molecule has 0 amide bonds. The molecule has 1 saturated carbocycles. The van der Waals surface area contributed by atoms with Crippen LogP contribution in [0.15, 0.2) is 4.99 Å². The smallest absolute Gasteiger partial charge is 0.109 e. The molecule has 1 aliphatic rings. The van der Waals surface area contributed by atoms with Gasteiger partial charge in [-0.25, -0.2) is 0 Å². The predicted octanol–water partition coefficient (Wildman–Crippen LogP) is 7.63. The average molecular weight is 369 g/mol. The maximum atomic E-state index is 5.07. The summed E-state index contributed by atoms with van der Waals surface area (Å²) in [6.07, 6.45) is 20.2. The zero-order valence-electron chi connectivity index (χ0n) is 17.4. The van der Waals surface area contributed by atoms with E-state index in [2.05, 4.69) is 37.0 Å². The number of hydrogen-bond donors (Lipinski definition) is 0. The summed E-state index contributed by atoms with van der Waals surface area (Å²) in [5, 5.41) is 0.835. The maximum Gasteiger partial charge on any atom is 0.109 e. The molecule has 3 heteroatoms. The second-order valence-electron chi connectivity index (χ2n) is 7.64. The van der Waals surface area contributed by atoms with E-state index in [1.165, 1.54) is 102 Å². The topological polar surface area (TPSA) is 15.6 Å². The number of nitrogens with zero attached hydrogens (tertiary/aromatic N) is 2. The molecule has 0 aromatic carbocycles. The molecule has 1 rings (SSSR count). The van der Waals surface area contributed by atoms with E-state index in [9.17, 15) is 0 Å². The SMILES string of the molecule is CCCCCC/N=C(\CCC)N(CCCCCC)SC1CCCCC1. The van der Waals surface area contributed by atoms with E-state index in [1.54, 1.807) is 0 Å². The first kappa shape index (κ1) is 22.9. The third-order valence-electron chi connectivity index (χ3n) is 5.11. The third-order valence-corrected chi connectivity index (χ3v) is 6.53. The van der Waals surface area contributed by atoms with E-state index >= 15 is 0 Å². The number of aliphatic imine (C=N–C) groups is 1. The van der Waals surface area contributed by atoms with Gasteiger partial charge in [0, 0.05) is 24.8 Å². The summed E-state index contributed by atoms with van der Waals surface area (Å²) in [7, 11) is 0. The highest BCUT2D eigenvalue weighted by Gasteiger charge is 2.20. The Hall–Kier alpha value is -0.180. The molecule has 0 bridgehead atoms. The highest BCUT2D eigenvalue weighted by atomic mass is 32.2. The molecular formula is C22H44N2S. The molecule has 1 aliphatic carbocycles. The standard InChI is InChI=1S/C22H44N2S/c1-4-7-9-14-19-23-22(16-6-3)24(20-15-10-8-5-2)25-21-17-12-11-13-18-21/h21H,4-20H2,1-3H3/b23-22+. The Morgan fingerprint density at radius 2 is 1.52 bits per heavy atom. The van der Waals surface area contributed by atoms with Crippen molar-refractivity contribution in [1.29, 1.82) is 0 Å². The summed E-state index contributed by atoms with van der Waals surface area (Å²) < 4.78 is 2.62. The van der Waals surface area contributed by atoms with E-state index in [1.807, 2.05) is 0 Å². The zero-order chi connectivity index (χ0) is 18.2. The Morgan fingerprint density at radius 3 is 2.16 bits per heavy atom. The van der Waals surface area contributed by atoms with Crippen molar-refractivity contribution in [3.63, 3.8) is 0 Å². The van der Waals surface area contributed by atoms with Gasteiger partial charge in [0.15, 0.2) is 0 Å². The second-order valence-corrected chi connectivity index (χ2v) is 8.96. The average Bonchev–Trinajstić information content (AvgIpc) is 2.64. The number of hydrogen-bond acceptors (Lipinski definition) is 2. The lowest BCUT2D eigenvalue weighted by atomic mass is 10.0. The Bertz CT molecular complexity index is 324. The molecule has 0 saturated heterocycles. The van der Waals surface area contributed by atoms with Crippen molar-refractivity contribution in [3.8, 4) is 0 Å².